The van der Waals surface area contributed by atoms with Gasteiger partial charge in [-0.05, 0) is 17.5 Å². The van der Waals surface area contributed by atoms with Crippen LogP contribution in [0.15, 0.2) is 60.7 Å². The Bertz CT molecular complexity index is 687. The van der Waals surface area contributed by atoms with Gasteiger partial charge in [0.1, 0.15) is 5.76 Å². The molecule has 0 aliphatic heterocycles. The van der Waals surface area contributed by atoms with Crippen molar-refractivity contribution < 1.29 is 19.8 Å². The van der Waals surface area contributed by atoms with E-state index < -0.39 is 11.8 Å². The molecule has 2 aromatic carbocycles. The first-order chi connectivity index (χ1) is 10.1. The summed E-state index contributed by atoms with van der Waals surface area (Å²) in [6.07, 6.45) is 1.31. The summed E-state index contributed by atoms with van der Waals surface area (Å²) in [4.78, 5) is 21.7. The molecular weight excluding hydrogens is 268 g/mol. The van der Waals surface area contributed by atoms with Crippen LogP contribution in [0.2, 0.25) is 0 Å². The Morgan fingerprint density at radius 3 is 2.19 bits per heavy atom. The van der Waals surface area contributed by atoms with Gasteiger partial charge in [-0.15, -0.1) is 0 Å². The van der Waals surface area contributed by atoms with E-state index in [-0.39, 0.29) is 5.76 Å². The normalized spacial score (nSPS) is 11.1. The lowest BCUT2D eigenvalue weighted by Crippen LogP contribution is -2.09. The summed E-state index contributed by atoms with van der Waals surface area (Å²) in [5.74, 6) is -3.09. The monoisotopic (exact) mass is 282 g/mol. The van der Waals surface area contributed by atoms with E-state index in [9.17, 15) is 14.7 Å². The molecule has 0 aromatic heterocycles. The van der Waals surface area contributed by atoms with Crippen molar-refractivity contribution in [1.29, 1.82) is 0 Å². The van der Waals surface area contributed by atoms with E-state index in [1.165, 1.54) is 0 Å². The predicted molar refractivity (Wildman–Crippen MR) is 78.9 cm³/mol. The lowest BCUT2D eigenvalue weighted by atomic mass is 9.98. The average Bonchev–Trinajstić information content (AvgIpc) is 2.48. The molecule has 0 fully saturated rings. The van der Waals surface area contributed by atoms with Crippen molar-refractivity contribution in [2.75, 3.05) is 0 Å². The van der Waals surface area contributed by atoms with Gasteiger partial charge in [0.15, 0.2) is 0 Å². The molecule has 0 heterocycles. The van der Waals surface area contributed by atoms with Gasteiger partial charge in [-0.2, -0.15) is 0 Å². The Morgan fingerprint density at radius 1 is 0.905 bits per heavy atom. The third-order valence-electron chi connectivity index (χ3n) is 3.01. The zero-order valence-electron chi connectivity index (χ0n) is 11.2. The summed E-state index contributed by atoms with van der Waals surface area (Å²) in [5.41, 5.74) is 2.33. The largest absolute Gasteiger partial charge is 0.507 e. The number of carbonyl (C=O) groups excluding carboxylic acids is 1. The molecule has 4 nitrogen and oxygen atoms in total. The highest BCUT2D eigenvalue weighted by Gasteiger charge is 2.12. The molecule has 21 heavy (non-hydrogen) atoms. The molecule has 4 heteroatoms. The van der Waals surface area contributed by atoms with Gasteiger partial charge in [-0.25, -0.2) is 4.79 Å². The SMILES string of the molecule is O=C(O)C(=O)/C=C(\O)c1ccccc1Cc1ccccc1. The minimum Gasteiger partial charge on any atom is -0.507 e. The number of benzene rings is 2. The van der Waals surface area contributed by atoms with Crippen LogP contribution in [0.25, 0.3) is 5.76 Å². The third kappa shape index (κ3) is 3.79. The Balaban J connectivity index is 2.33. The number of hydrogen-bond acceptors (Lipinski definition) is 3. The summed E-state index contributed by atoms with van der Waals surface area (Å²) in [7, 11) is 0. The van der Waals surface area contributed by atoms with Crippen LogP contribution in [0.5, 0.6) is 0 Å². The molecule has 0 aliphatic carbocycles. The fourth-order valence-corrected chi connectivity index (χ4v) is 2.00. The number of rotatable bonds is 5. The zero-order chi connectivity index (χ0) is 15.2. The van der Waals surface area contributed by atoms with Crippen molar-refractivity contribution in [1.82, 2.24) is 0 Å². The van der Waals surface area contributed by atoms with Crippen LogP contribution in [0, 0.1) is 0 Å². The smallest absolute Gasteiger partial charge is 0.376 e. The number of carbonyl (C=O) groups is 2. The van der Waals surface area contributed by atoms with E-state index in [2.05, 4.69) is 0 Å². The highest BCUT2D eigenvalue weighted by molar-refractivity contribution is 6.38. The fraction of sp³-hybridized carbons (Fsp3) is 0.0588. The second-order valence-electron chi connectivity index (χ2n) is 4.52. The molecular formula is C17H14O4. The number of aliphatic carboxylic acids is 1. The van der Waals surface area contributed by atoms with Gasteiger partial charge in [0.2, 0.25) is 0 Å². The molecule has 2 N–H and O–H groups in total. The molecule has 0 saturated heterocycles. The minimum absolute atomic E-state index is 0.339. The lowest BCUT2D eigenvalue weighted by molar-refractivity contribution is -0.146. The summed E-state index contributed by atoms with van der Waals surface area (Å²) < 4.78 is 0. The van der Waals surface area contributed by atoms with Crippen LogP contribution in [-0.2, 0) is 16.0 Å². The number of carboxylic acid groups (broad SMARTS) is 1. The van der Waals surface area contributed by atoms with Crippen molar-refractivity contribution in [3.63, 3.8) is 0 Å². The highest BCUT2D eigenvalue weighted by Crippen LogP contribution is 2.20. The maximum atomic E-state index is 11.2. The summed E-state index contributed by atoms with van der Waals surface area (Å²) in [6.45, 7) is 0. The van der Waals surface area contributed by atoms with Crippen LogP contribution < -0.4 is 0 Å². The molecule has 0 spiro atoms. The zero-order valence-corrected chi connectivity index (χ0v) is 11.2. The molecule has 0 aliphatic rings. The Morgan fingerprint density at radius 2 is 1.52 bits per heavy atom. The standard InChI is InChI=1S/C17H14O4/c18-15(11-16(19)17(20)21)14-9-5-4-8-13(14)10-12-6-2-1-3-7-12/h1-9,11,18H,10H2,(H,20,21)/b15-11-. The predicted octanol–water partition coefficient (Wildman–Crippen LogP) is 2.83. The van der Waals surface area contributed by atoms with Gasteiger partial charge in [-0.1, -0.05) is 54.6 Å². The molecule has 106 valence electrons. The quantitative estimate of drug-likeness (QED) is 0.502. The average molecular weight is 282 g/mol. The highest BCUT2D eigenvalue weighted by atomic mass is 16.4. The molecule has 2 aromatic rings. The van der Waals surface area contributed by atoms with Crippen molar-refractivity contribution >= 4 is 17.5 Å². The van der Waals surface area contributed by atoms with Gasteiger partial charge in [0, 0.05) is 11.6 Å². The molecule has 2 rings (SSSR count). The first-order valence-corrected chi connectivity index (χ1v) is 6.38. The number of aliphatic hydroxyl groups excluding tert-OH is 1. The molecule has 0 bridgehead atoms. The van der Waals surface area contributed by atoms with E-state index in [1.54, 1.807) is 12.1 Å². The van der Waals surface area contributed by atoms with E-state index in [0.717, 1.165) is 17.2 Å². The summed E-state index contributed by atoms with van der Waals surface area (Å²) in [6, 6.07) is 16.7. The van der Waals surface area contributed by atoms with E-state index in [1.807, 2.05) is 42.5 Å². The number of carboxylic acids is 1. The van der Waals surface area contributed by atoms with Crippen LogP contribution in [0.3, 0.4) is 0 Å². The van der Waals surface area contributed by atoms with Crippen LogP contribution in [0.4, 0.5) is 0 Å². The topological polar surface area (TPSA) is 74.6 Å². The minimum atomic E-state index is -1.60. The van der Waals surface area contributed by atoms with Gasteiger partial charge in [-0.3, -0.25) is 4.79 Å². The molecule has 0 radical (unpaired) electrons. The Labute approximate surface area is 122 Å². The number of ketones is 1. The summed E-state index contributed by atoms with van der Waals surface area (Å²) >= 11 is 0. The number of hydrogen-bond donors (Lipinski definition) is 2. The maximum Gasteiger partial charge on any atom is 0.376 e. The molecule has 0 amide bonds. The van der Waals surface area contributed by atoms with Gasteiger partial charge < -0.3 is 10.2 Å². The van der Waals surface area contributed by atoms with E-state index in [4.69, 9.17) is 5.11 Å². The van der Waals surface area contributed by atoms with Crippen LogP contribution in [0.1, 0.15) is 16.7 Å². The first-order valence-electron chi connectivity index (χ1n) is 6.38. The van der Waals surface area contributed by atoms with Gasteiger partial charge in [0.05, 0.1) is 0 Å². The second-order valence-corrected chi connectivity index (χ2v) is 4.52. The van der Waals surface area contributed by atoms with Crippen molar-refractivity contribution in [2.45, 2.75) is 6.42 Å². The first kappa shape index (κ1) is 14.5. The Kier molecular flexibility index (Phi) is 4.51. The van der Waals surface area contributed by atoms with Crippen molar-refractivity contribution in [2.24, 2.45) is 0 Å². The van der Waals surface area contributed by atoms with Gasteiger partial charge >= 0.3 is 5.97 Å². The van der Waals surface area contributed by atoms with Crippen LogP contribution in [-0.4, -0.2) is 22.0 Å². The number of aliphatic hydroxyl groups is 1. The third-order valence-corrected chi connectivity index (χ3v) is 3.01. The van der Waals surface area contributed by atoms with Crippen LogP contribution >= 0.6 is 0 Å². The van der Waals surface area contributed by atoms with Gasteiger partial charge in [0.25, 0.3) is 5.78 Å². The maximum absolute atomic E-state index is 11.2. The van der Waals surface area contributed by atoms with Crippen molar-refractivity contribution in [3.05, 3.63) is 77.4 Å². The molecule has 0 unspecified atom stereocenters. The molecule has 0 saturated carbocycles. The van der Waals surface area contributed by atoms with E-state index >= 15 is 0 Å². The fourth-order valence-electron chi connectivity index (χ4n) is 2.00. The molecule has 0 atom stereocenters. The van der Waals surface area contributed by atoms with E-state index in [0.29, 0.717) is 12.0 Å². The summed E-state index contributed by atoms with van der Waals surface area (Å²) in [5, 5.41) is 18.6. The second kappa shape index (κ2) is 6.52. The Hall–Kier alpha value is -2.88. The van der Waals surface area contributed by atoms with Crippen molar-refractivity contribution in [3.8, 4) is 0 Å². The lowest BCUT2D eigenvalue weighted by Gasteiger charge is -2.08.